The first-order chi connectivity index (χ1) is 8.97. The maximum absolute atomic E-state index is 12.0. The molecule has 0 radical (unpaired) electrons. The number of aryl methyl sites for hydroxylation is 2. The molecule has 19 heavy (non-hydrogen) atoms. The molecule has 98 valence electrons. The van der Waals surface area contributed by atoms with Crippen LogP contribution in [-0.4, -0.2) is 10.9 Å². The van der Waals surface area contributed by atoms with E-state index in [0.717, 1.165) is 11.1 Å². The number of benzene rings is 1. The Morgan fingerprint density at radius 3 is 2.58 bits per heavy atom. The molecule has 2 N–H and O–H groups in total. The van der Waals surface area contributed by atoms with Crippen LogP contribution in [0.1, 0.15) is 21.5 Å². The van der Waals surface area contributed by atoms with Gasteiger partial charge in [0.05, 0.1) is 16.3 Å². The van der Waals surface area contributed by atoms with Crippen molar-refractivity contribution in [1.82, 2.24) is 4.98 Å². The third-order valence-corrected chi connectivity index (χ3v) is 3.01. The lowest BCUT2D eigenvalue weighted by atomic mass is 10.1. The van der Waals surface area contributed by atoms with E-state index in [1.165, 1.54) is 18.3 Å². The molecule has 0 bridgehead atoms. The minimum absolute atomic E-state index is 0.249. The summed E-state index contributed by atoms with van der Waals surface area (Å²) in [4.78, 5) is 25.4. The van der Waals surface area contributed by atoms with Gasteiger partial charge in [0.2, 0.25) is 5.56 Å². The van der Waals surface area contributed by atoms with Gasteiger partial charge < -0.3 is 10.3 Å². The Bertz CT molecular complexity index is 649. The topological polar surface area (TPSA) is 62.0 Å². The highest BCUT2D eigenvalue weighted by Crippen LogP contribution is 2.27. The van der Waals surface area contributed by atoms with Gasteiger partial charge in [-0.3, -0.25) is 9.59 Å². The highest BCUT2D eigenvalue weighted by Gasteiger charge is 2.11. The van der Waals surface area contributed by atoms with Crippen molar-refractivity contribution in [1.29, 1.82) is 0 Å². The number of aromatic nitrogens is 1. The molecule has 0 unspecified atom stereocenters. The fraction of sp³-hybridized carbons (Fsp3) is 0.143. The highest BCUT2D eigenvalue weighted by atomic mass is 35.5. The van der Waals surface area contributed by atoms with Crippen molar-refractivity contribution in [2.24, 2.45) is 0 Å². The van der Waals surface area contributed by atoms with Crippen LogP contribution in [0.4, 0.5) is 5.69 Å². The quantitative estimate of drug-likeness (QED) is 0.886. The Kier molecular flexibility index (Phi) is 3.71. The van der Waals surface area contributed by atoms with Crippen LogP contribution in [0, 0.1) is 13.8 Å². The second-order valence-corrected chi connectivity index (χ2v) is 4.74. The van der Waals surface area contributed by atoms with Gasteiger partial charge in [-0.15, -0.1) is 0 Å². The number of carbonyl (C=O) groups is 1. The predicted octanol–water partition coefficient (Wildman–Crippen LogP) is 2.90. The van der Waals surface area contributed by atoms with Gasteiger partial charge in [-0.1, -0.05) is 17.7 Å². The van der Waals surface area contributed by atoms with Gasteiger partial charge in [0.15, 0.2) is 0 Å². The normalized spacial score (nSPS) is 10.3. The van der Waals surface area contributed by atoms with Gasteiger partial charge in [0.1, 0.15) is 0 Å². The van der Waals surface area contributed by atoms with Crippen molar-refractivity contribution in [2.75, 3.05) is 5.32 Å². The molecule has 0 aliphatic carbocycles. The molecular weight excluding hydrogens is 264 g/mol. The summed E-state index contributed by atoms with van der Waals surface area (Å²) in [5, 5.41) is 3.24. The third-order valence-electron chi connectivity index (χ3n) is 2.72. The number of pyridine rings is 1. The zero-order valence-electron chi connectivity index (χ0n) is 10.6. The van der Waals surface area contributed by atoms with Crippen LogP contribution in [0.5, 0.6) is 0 Å². The lowest BCUT2D eigenvalue weighted by molar-refractivity contribution is 0.102. The van der Waals surface area contributed by atoms with E-state index in [2.05, 4.69) is 10.3 Å². The SMILES string of the molecule is Cc1cc(C)c(NC(=O)c2ccc(=O)[nH]c2)c(Cl)c1. The van der Waals surface area contributed by atoms with Gasteiger partial charge in [-0.25, -0.2) is 0 Å². The largest absolute Gasteiger partial charge is 0.328 e. The van der Waals surface area contributed by atoms with Crippen molar-refractivity contribution >= 4 is 23.2 Å². The van der Waals surface area contributed by atoms with Crippen molar-refractivity contribution in [3.8, 4) is 0 Å². The van der Waals surface area contributed by atoms with Gasteiger partial charge in [-0.2, -0.15) is 0 Å². The van der Waals surface area contributed by atoms with Crippen molar-refractivity contribution in [2.45, 2.75) is 13.8 Å². The number of nitrogens with one attached hydrogen (secondary N) is 2. The zero-order chi connectivity index (χ0) is 14.0. The van der Waals surface area contributed by atoms with E-state index >= 15 is 0 Å². The Hall–Kier alpha value is -2.07. The van der Waals surface area contributed by atoms with Crippen LogP contribution in [0.2, 0.25) is 5.02 Å². The molecule has 1 heterocycles. The number of aromatic amines is 1. The number of hydrogen-bond acceptors (Lipinski definition) is 2. The van der Waals surface area contributed by atoms with E-state index in [1.54, 1.807) is 6.07 Å². The van der Waals surface area contributed by atoms with Gasteiger partial charge >= 0.3 is 0 Å². The molecule has 0 atom stereocenters. The molecule has 0 fully saturated rings. The average molecular weight is 277 g/mol. The predicted molar refractivity (Wildman–Crippen MR) is 75.9 cm³/mol. The summed E-state index contributed by atoms with van der Waals surface area (Å²) in [6.45, 7) is 3.81. The third kappa shape index (κ3) is 3.03. The second kappa shape index (κ2) is 5.28. The standard InChI is InChI=1S/C14H13ClN2O2/c1-8-5-9(2)13(11(15)6-8)17-14(19)10-3-4-12(18)16-7-10/h3-7H,1-2H3,(H,16,18)(H,17,19). The van der Waals surface area contributed by atoms with Crippen LogP contribution in [0.25, 0.3) is 0 Å². The fourth-order valence-electron chi connectivity index (χ4n) is 1.81. The summed E-state index contributed by atoms with van der Waals surface area (Å²) >= 11 is 6.12. The van der Waals surface area contributed by atoms with Crippen LogP contribution >= 0.6 is 11.6 Å². The molecule has 4 nitrogen and oxygen atoms in total. The number of amides is 1. The van der Waals surface area contributed by atoms with Crippen LogP contribution < -0.4 is 10.9 Å². The summed E-state index contributed by atoms with van der Waals surface area (Å²) in [7, 11) is 0. The van der Waals surface area contributed by atoms with Crippen molar-refractivity contribution in [3.05, 3.63) is 62.5 Å². The number of anilines is 1. The molecule has 1 amide bonds. The Labute approximate surface area is 115 Å². The molecule has 0 saturated heterocycles. The van der Waals surface area contributed by atoms with Crippen LogP contribution in [-0.2, 0) is 0 Å². The lowest BCUT2D eigenvalue weighted by Gasteiger charge is -2.11. The molecule has 0 spiro atoms. The smallest absolute Gasteiger partial charge is 0.257 e. The summed E-state index contributed by atoms with van der Waals surface area (Å²) in [6.07, 6.45) is 1.37. The molecular formula is C14H13ClN2O2. The van der Waals surface area contributed by atoms with E-state index in [4.69, 9.17) is 11.6 Å². The molecule has 0 saturated carbocycles. The van der Waals surface area contributed by atoms with E-state index in [0.29, 0.717) is 16.3 Å². The average Bonchev–Trinajstić information content (AvgIpc) is 2.34. The Balaban J connectivity index is 2.29. The van der Waals surface area contributed by atoms with Crippen LogP contribution in [0.3, 0.4) is 0 Å². The second-order valence-electron chi connectivity index (χ2n) is 4.33. The Morgan fingerprint density at radius 1 is 1.26 bits per heavy atom. The summed E-state index contributed by atoms with van der Waals surface area (Å²) in [6, 6.07) is 6.50. The first kappa shape index (κ1) is 13.4. The van der Waals surface area contributed by atoms with E-state index < -0.39 is 0 Å². The van der Waals surface area contributed by atoms with Crippen LogP contribution in [0.15, 0.2) is 35.3 Å². The summed E-state index contributed by atoms with van der Waals surface area (Å²) in [5.74, 6) is -0.315. The van der Waals surface area contributed by atoms with Gasteiger partial charge in [0, 0.05) is 12.3 Å². The van der Waals surface area contributed by atoms with Gasteiger partial charge in [-0.05, 0) is 37.1 Å². The zero-order valence-corrected chi connectivity index (χ0v) is 11.3. The molecule has 0 aliphatic heterocycles. The van der Waals surface area contributed by atoms with E-state index in [1.807, 2.05) is 19.9 Å². The maximum Gasteiger partial charge on any atom is 0.257 e. The summed E-state index contributed by atoms with van der Waals surface area (Å²) in [5.41, 5.74) is 2.63. The minimum Gasteiger partial charge on any atom is -0.328 e. The first-order valence-electron chi connectivity index (χ1n) is 5.74. The number of hydrogen-bond donors (Lipinski definition) is 2. The molecule has 2 aromatic rings. The molecule has 2 rings (SSSR count). The monoisotopic (exact) mass is 276 g/mol. The van der Waals surface area contributed by atoms with Crippen molar-refractivity contribution < 1.29 is 4.79 Å². The molecule has 1 aromatic carbocycles. The number of halogens is 1. The molecule has 1 aromatic heterocycles. The number of H-pyrrole nitrogens is 1. The minimum atomic E-state index is -0.315. The molecule has 5 heteroatoms. The van der Waals surface area contributed by atoms with Crippen molar-refractivity contribution in [3.63, 3.8) is 0 Å². The van der Waals surface area contributed by atoms with Gasteiger partial charge in [0.25, 0.3) is 5.91 Å². The molecule has 0 aliphatic rings. The van der Waals surface area contributed by atoms with E-state index in [9.17, 15) is 9.59 Å². The lowest BCUT2D eigenvalue weighted by Crippen LogP contribution is -2.15. The fourth-order valence-corrected chi connectivity index (χ4v) is 2.18. The number of carbonyl (C=O) groups excluding carboxylic acids is 1. The summed E-state index contributed by atoms with van der Waals surface area (Å²) < 4.78 is 0. The number of rotatable bonds is 2. The Morgan fingerprint density at radius 2 is 2.00 bits per heavy atom. The first-order valence-corrected chi connectivity index (χ1v) is 6.12. The van der Waals surface area contributed by atoms with E-state index in [-0.39, 0.29) is 11.5 Å². The highest BCUT2D eigenvalue weighted by molar-refractivity contribution is 6.34. The maximum atomic E-state index is 12.0.